The summed E-state index contributed by atoms with van der Waals surface area (Å²) < 4.78 is 13.6. The summed E-state index contributed by atoms with van der Waals surface area (Å²) in [6.07, 6.45) is 3.11. The highest BCUT2D eigenvalue weighted by atomic mass is 19.1. The molecule has 0 radical (unpaired) electrons. The first-order valence-electron chi connectivity index (χ1n) is 5.83. The van der Waals surface area contributed by atoms with Gasteiger partial charge < -0.3 is 10.4 Å². The number of hydrogen-bond acceptors (Lipinski definition) is 5. The van der Waals surface area contributed by atoms with Crippen molar-refractivity contribution in [2.75, 3.05) is 5.32 Å². The Kier molecular flexibility index (Phi) is 4.07. The van der Waals surface area contributed by atoms with Crippen molar-refractivity contribution in [3.8, 4) is 0 Å². The molecule has 1 aromatic carbocycles. The van der Waals surface area contributed by atoms with E-state index in [9.17, 15) is 19.3 Å². The van der Waals surface area contributed by atoms with Gasteiger partial charge in [-0.1, -0.05) is 0 Å². The summed E-state index contributed by atoms with van der Waals surface area (Å²) >= 11 is 0. The van der Waals surface area contributed by atoms with Crippen molar-refractivity contribution in [3.05, 3.63) is 63.7 Å². The molecular formula is C13H10FN3O4. The topological polar surface area (TPSA) is 105 Å². The second-order valence-corrected chi connectivity index (χ2v) is 4.12. The molecule has 0 aliphatic carbocycles. The lowest BCUT2D eigenvalue weighted by Crippen LogP contribution is -2.07. The van der Waals surface area contributed by atoms with Gasteiger partial charge in [-0.25, -0.2) is 9.18 Å². The molecule has 0 aliphatic rings. The number of nitrogens with zero attached hydrogens (tertiary/aromatic N) is 2. The minimum atomic E-state index is -1.56. The van der Waals surface area contributed by atoms with Gasteiger partial charge in [-0.15, -0.1) is 0 Å². The standard InChI is InChI=1S/C13H10FN3O4/c14-10-6-11(16-7-8-1-3-15-4-2-8)12(17(20)21)5-9(10)13(18)19/h1-6,16H,7H2,(H,18,19). The maximum atomic E-state index is 13.6. The number of nitro groups is 1. The largest absolute Gasteiger partial charge is 0.478 e. The molecule has 0 bridgehead atoms. The Morgan fingerprint density at radius 3 is 2.62 bits per heavy atom. The van der Waals surface area contributed by atoms with Crippen LogP contribution in [0.15, 0.2) is 36.7 Å². The second kappa shape index (κ2) is 5.95. The van der Waals surface area contributed by atoms with Gasteiger partial charge in [-0.05, 0) is 17.7 Å². The predicted octanol–water partition coefficient (Wildman–Crippen LogP) is 2.44. The Balaban J connectivity index is 2.32. The van der Waals surface area contributed by atoms with E-state index in [-0.39, 0.29) is 12.2 Å². The molecule has 2 aromatic rings. The maximum Gasteiger partial charge on any atom is 0.338 e. The van der Waals surface area contributed by atoms with Gasteiger partial charge in [-0.2, -0.15) is 0 Å². The zero-order valence-corrected chi connectivity index (χ0v) is 10.6. The highest BCUT2D eigenvalue weighted by Crippen LogP contribution is 2.28. The molecule has 108 valence electrons. The van der Waals surface area contributed by atoms with Gasteiger partial charge in [0, 0.05) is 31.1 Å². The van der Waals surface area contributed by atoms with Crippen molar-refractivity contribution >= 4 is 17.3 Å². The van der Waals surface area contributed by atoms with Crippen LogP contribution in [0.3, 0.4) is 0 Å². The molecule has 21 heavy (non-hydrogen) atoms. The van der Waals surface area contributed by atoms with Crippen molar-refractivity contribution in [1.82, 2.24) is 4.98 Å². The van der Waals surface area contributed by atoms with E-state index in [1.54, 1.807) is 24.5 Å². The highest BCUT2D eigenvalue weighted by molar-refractivity contribution is 5.90. The monoisotopic (exact) mass is 291 g/mol. The maximum absolute atomic E-state index is 13.6. The van der Waals surface area contributed by atoms with Crippen LogP contribution in [0.5, 0.6) is 0 Å². The molecule has 0 saturated carbocycles. The average molecular weight is 291 g/mol. The van der Waals surface area contributed by atoms with Crippen molar-refractivity contribution in [2.45, 2.75) is 6.54 Å². The highest BCUT2D eigenvalue weighted by Gasteiger charge is 2.21. The molecule has 0 fully saturated rings. The number of pyridine rings is 1. The number of nitro benzene ring substituents is 1. The summed E-state index contributed by atoms with van der Waals surface area (Å²) in [5, 5.41) is 22.5. The van der Waals surface area contributed by atoms with Crippen LogP contribution in [0.25, 0.3) is 0 Å². The van der Waals surface area contributed by atoms with Crippen LogP contribution in [0, 0.1) is 15.9 Å². The molecule has 1 aromatic heterocycles. The first-order valence-corrected chi connectivity index (χ1v) is 5.83. The Bertz CT molecular complexity index is 691. The fourth-order valence-corrected chi connectivity index (χ4v) is 1.72. The fraction of sp³-hybridized carbons (Fsp3) is 0.0769. The van der Waals surface area contributed by atoms with Gasteiger partial charge in [-0.3, -0.25) is 15.1 Å². The van der Waals surface area contributed by atoms with E-state index in [4.69, 9.17) is 5.11 Å². The molecule has 0 atom stereocenters. The van der Waals surface area contributed by atoms with Crippen LogP contribution in [0.1, 0.15) is 15.9 Å². The third-order valence-corrected chi connectivity index (χ3v) is 2.74. The SMILES string of the molecule is O=C(O)c1cc([N+](=O)[O-])c(NCc2ccncc2)cc1F. The molecule has 0 amide bonds. The van der Waals surface area contributed by atoms with E-state index in [1.807, 2.05) is 0 Å². The van der Waals surface area contributed by atoms with Gasteiger partial charge in [0.05, 0.1) is 4.92 Å². The lowest BCUT2D eigenvalue weighted by Gasteiger charge is -2.08. The summed E-state index contributed by atoms with van der Waals surface area (Å²) in [4.78, 5) is 24.8. The van der Waals surface area contributed by atoms with Crippen LogP contribution in [0.2, 0.25) is 0 Å². The molecule has 2 N–H and O–H groups in total. The van der Waals surface area contributed by atoms with E-state index in [0.717, 1.165) is 11.6 Å². The third kappa shape index (κ3) is 3.30. The molecule has 7 nitrogen and oxygen atoms in total. The number of halogens is 1. The van der Waals surface area contributed by atoms with E-state index < -0.39 is 28.0 Å². The molecule has 0 unspecified atom stereocenters. The fourth-order valence-electron chi connectivity index (χ4n) is 1.72. The lowest BCUT2D eigenvalue weighted by atomic mass is 10.1. The molecule has 1 heterocycles. The number of carbonyl (C=O) groups is 1. The van der Waals surface area contributed by atoms with Crippen LogP contribution < -0.4 is 5.32 Å². The number of aromatic nitrogens is 1. The van der Waals surface area contributed by atoms with Crippen LogP contribution in [-0.4, -0.2) is 21.0 Å². The van der Waals surface area contributed by atoms with Gasteiger partial charge >= 0.3 is 5.97 Å². The normalized spacial score (nSPS) is 10.1. The Morgan fingerprint density at radius 2 is 2.05 bits per heavy atom. The molecule has 2 rings (SSSR count). The number of benzene rings is 1. The second-order valence-electron chi connectivity index (χ2n) is 4.12. The van der Waals surface area contributed by atoms with Crippen molar-refractivity contribution in [1.29, 1.82) is 0 Å². The summed E-state index contributed by atoms with van der Waals surface area (Å²) in [5.74, 6) is -2.60. The molecule has 8 heteroatoms. The Hall–Kier alpha value is -3.03. The van der Waals surface area contributed by atoms with Crippen LogP contribution in [0.4, 0.5) is 15.8 Å². The van der Waals surface area contributed by atoms with Gasteiger partial charge in [0.15, 0.2) is 0 Å². The van der Waals surface area contributed by atoms with Crippen molar-refractivity contribution in [3.63, 3.8) is 0 Å². The molecule has 0 saturated heterocycles. The minimum absolute atomic E-state index is 0.0840. The summed E-state index contributed by atoms with van der Waals surface area (Å²) in [5.41, 5.74) is -0.527. The van der Waals surface area contributed by atoms with E-state index in [0.29, 0.717) is 6.07 Å². The first kappa shape index (κ1) is 14.4. The third-order valence-electron chi connectivity index (χ3n) is 2.74. The predicted molar refractivity (Wildman–Crippen MR) is 71.6 cm³/mol. The van der Waals surface area contributed by atoms with Gasteiger partial charge in [0.25, 0.3) is 5.69 Å². The number of rotatable bonds is 5. The van der Waals surface area contributed by atoms with Crippen molar-refractivity contribution < 1.29 is 19.2 Å². The number of carboxylic acids is 1. The Labute approximate surface area is 118 Å². The molecule has 0 aliphatic heterocycles. The van der Waals surface area contributed by atoms with Crippen LogP contribution >= 0.6 is 0 Å². The summed E-state index contributed by atoms with van der Waals surface area (Å²) in [7, 11) is 0. The zero-order chi connectivity index (χ0) is 15.4. The van der Waals surface area contributed by atoms with E-state index >= 15 is 0 Å². The smallest absolute Gasteiger partial charge is 0.338 e. The number of nitrogens with one attached hydrogen (secondary N) is 1. The minimum Gasteiger partial charge on any atom is -0.478 e. The molecule has 0 spiro atoms. The summed E-state index contributed by atoms with van der Waals surface area (Å²) in [6, 6.07) is 4.90. The Morgan fingerprint density at radius 1 is 1.38 bits per heavy atom. The lowest BCUT2D eigenvalue weighted by molar-refractivity contribution is -0.384. The average Bonchev–Trinajstić information content (AvgIpc) is 2.45. The quantitative estimate of drug-likeness (QED) is 0.647. The van der Waals surface area contributed by atoms with Crippen molar-refractivity contribution in [2.24, 2.45) is 0 Å². The number of hydrogen-bond donors (Lipinski definition) is 2. The first-order chi connectivity index (χ1) is 9.99. The number of carboxylic acid groups (broad SMARTS) is 1. The zero-order valence-electron chi connectivity index (χ0n) is 10.6. The van der Waals surface area contributed by atoms with E-state index in [2.05, 4.69) is 10.3 Å². The van der Waals surface area contributed by atoms with E-state index in [1.165, 1.54) is 0 Å². The van der Waals surface area contributed by atoms with Gasteiger partial charge in [0.1, 0.15) is 17.1 Å². The van der Waals surface area contributed by atoms with Crippen LogP contribution in [-0.2, 0) is 6.54 Å². The van der Waals surface area contributed by atoms with Gasteiger partial charge in [0.2, 0.25) is 0 Å². The summed E-state index contributed by atoms with van der Waals surface area (Å²) in [6.45, 7) is 0.217. The molecular weight excluding hydrogens is 281 g/mol. The number of anilines is 1. The number of aromatic carboxylic acids is 1.